The van der Waals surface area contributed by atoms with E-state index in [4.69, 9.17) is 4.98 Å². The van der Waals surface area contributed by atoms with Crippen molar-refractivity contribution in [2.75, 3.05) is 0 Å². The maximum absolute atomic E-state index is 5.01. The molecule has 6 rings (SSSR count). The molecule has 0 saturated carbocycles. The highest BCUT2D eigenvalue weighted by atomic mass is 32.1. The van der Waals surface area contributed by atoms with Gasteiger partial charge in [-0.15, -0.1) is 11.3 Å². The van der Waals surface area contributed by atoms with Gasteiger partial charge in [-0.25, -0.2) is 9.55 Å². The normalized spacial score (nSPS) is 11.7. The van der Waals surface area contributed by atoms with Gasteiger partial charge in [0.1, 0.15) is 5.69 Å². The van der Waals surface area contributed by atoms with Crippen molar-refractivity contribution in [3.8, 4) is 28.2 Å². The highest BCUT2D eigenvalue weighted by Crippen LogP contribution is 2.38. The Balaban J connectivity index is 1.61. The maximum Gasteiger partial charge on any atom is 0.296 e. The van der Waals surface area contributed by atoms with E-state index in [1.165, 1.54) is 48.8 Å². The predicted octanol–water partition coefficient (Wildman–Crippen LogP) is 7.91. The topological polar surface area (TPSA) is 21.7 Å². The Morgan fingerprint density at radius 1 is 0.833 bits per heavy atom. The molecule has 0 fully saturated rings. The molecule has 4 heteroatoms. The van der Waals surface area contributed by atoms with Gasteiger partial charge in [-0.1, -0.05) is 74.5 Å². The van der Waals surface area contributed by atoms with Crippen molar-refractivity contribution in [1.29, 1.82) is 0 Å². The lowest BCUT2D eigenvalue weighted by atomic mass is 10.0. The summed E-state index contributed by atoms with van der Waals surface area (Å²) in [6, 6.07) is 32.6. The number of hydrogen-bond donors (Lipinski definition) is 0. The van der Waals surface area contributed by atoms with Crippen LogP contribution >= 0.6 is 11.3 Å². The zero-order valence-electron chi connectivity index (χ0n) is 21.2. The minimum atomic E-state index is 0.584. The quantitative estimate of drug-likeness (QED) is 0.226. The van der Waals surface area contributed by atoms with Gasteiger partial charge in [0.05, 0.1) is 27.8 Å². The Morgan fingerprint density at radius 2 is 1.53 bits per heavy atom. The van der Waals surface area contributed by atoms with Gasteiger partial charge in [-0.3, -0.25) is 0 Å². The summed E-state index contributed by atoms with van der Waals surface area (Å²) in [4.78, 5) is 5.01. The van der Waals surface area contributed by atoms with Crippen LogP contribution in [0.25, 0.3) is 49.5 Å². The van der Waals surface area contributed by atoms with E-state index in [2.05, 4.69) is 128 Å². The van der Waals surface area contributed by atoms with Crippen LogP contribution in [-0.2, 0) is 13.5 Å². The fraction of sp³-hybridized carbons (Fsp3) is 0.188. The maximum atomic E-state index is 5.01. The van der Waals surface area contributed by atoms with Crippen LogP contribution in [0.15, 0.2) is 91.0 Å². The lowest BCUT2D eigenvalue weighted by molar-refractivity contribution is -0.633. The minimum absolute atomic E-state index is 0.584. The van der Waals surface area contributed by atoms with Crippen molar-refractivity contribution in [1.82, 2.24) is 9.55 Å². The molecular weight excluding hydrogens is 458 g/mol. The van der Waals surface area contributed by atoms with Crippen LogP contribution in [0.1, 0.15) is 24.4 Å². The SMILES string of the molecule is Cc1ccc2nc(CC(C)C)sc2c1-c1n(-c2ccc(-c3ccccc3)cc2)c2ccccc2[n+]1C. The number of rotatable bonds is 5. The van der Waals surface area contributed by atoms with Crippen molar-refractivity contribution in [3.63, 3.8) is 0 Å². The average molecular weight is 489 g/mol. The number of thiazole rings is 1. The lowest BCUT2D eigenvalue weighted by Crippen LogP contribution is -2.30. The molecule has 3 nitrogen and oxygen atoms in total. The summed E-state index contributed by atoms with van der Waals surface area (Å²) in [6.45, 7) is 6.74. The van der Waals surface area contributed by atoms with Gasteiger partial charge in [-0.2, -0.15) is 4.57 Å². The highest BCUT2D eigenvalue weighted by molar-refractivity contribution is 7.19. The van der Waals surface area contributed by atoms with E-state index in [9.17, 15) is 0 Å². The molecule has 0 N–H and O–H groups in total. The van der Waals surface area contributed by atoms with E-state index < -0.39 is 0 Å². The number of para-hydroxylation sites is 2. The molecule has 0 aliphatic rings. The number of aromatic nitrogens is 3. The molecule has 0 radical (unpaired) electrons. The summed E-state index contributed by atoms with van der Waals surface area (Å²) < 4.78 is 6.02. The Hall–Kier alpha value is -3.76. The minimum Gasteiger partial charge on any atom is -0.241 e. The summed E-state index contributed by atoms with van der Waals surface area (Å²) in [7, 11) is 2.18. The molecule has 36 heavy (non-hydrogen) atoms. The van der Waals surface area contributed by atoms with Crippen molar-refractivity contribution >= 4 is 32.6 Å². The fourth-order valence-corrected chi connectivity index (χ4v) is 6.51. The molecule has 0 bridgehead atoms. The Labute approximate surface area is 216 Å². The molecule has 2 aromatic heterocycles. The molecule has 0 amide bonds. The van der Waals surface area contributed by atoms with Crippen LogP contribution in [0.3, 0.4) is 0 Å². The van der Waals surface area contributed by atoms with Gasteiger partial charge in [0.2, 0.25) is 0 Å². The van der Waals surface area contributed by atoms with E-state index >= 15 is 0 Å². The number of nitrogens with zero attached hydrogens (tertiary/aromatic N) is 3. The van der Waals surface area contributed by atoms with Crippen LogP contribution < -0.4 is 4.57 Å². The molecule has 178 valence electrons. The molecular formula is C32H30N3S+. The second kappa shape index (κ2) is 9.03. The number of fused-ring (bicyclic) bond motifs is 2. The third-order valence-corrected chi connectivity index (χ3v) is 7.97. The number of aryl methyl sites for hydroxylation is 2. The monoisotopic (exact) mass is 488 g/mol. The third kappa shape index (κ3) is 3.82. The van der Waals surface area contributed by atoms with Crippen molar-refractivity contribution in [3.05, 3.63) is 102 Å². The lowest BCUT2D eigenvalue weighted by Gasteiger charge is -2.08. The molecule has 6 aromatic rings. The second-order valence-corrected chi connectivity index (χ2v) is 11.0. The third-order valence-electron chi connectivity index (χ3n) is 6.86. The van der Waals surface area contributed by atoms with Crippen molar-refractivity contribution in [2.45, 2.75) is 27.2 Å². The zero-order chi connectivity index (χ0) is 24.8. The van der Waals surface area contributed by atoms with E-state index in [0.29, 0.717) is 5.92 Å². The van der Waals surface area contributed by atoms with Gasteiger partial charge in [0.25, 0.3) is 5.82 Å². The first kappa shape index (κ1) is 22.7. The van der Waals surface area contributed by atoms with Gasteiger partial charge in [-0.05, 0) is 59.9 Å². The standard InChI is InChI=1S/C32H30N3S/c1-21(2)20-29-33-26-19-14-22(3)30(31(26)36-29)32-34(4)27-12-8-9-13-28(27)35(32)25-17-15-24(16-18-25)23-10-6-5-7-11-23/h5-19,21H,20H2,1-4H3/q+1. The van der Waals surface area contributed by atoms with Gasteiger partial charge in [0, 0.05) is 6.42 Å². The Bertz CT molecular complexity index is 1690. The number of benzene rings is 4. The van der Waals surface area contributed by atoms with Crippen molar-refractivity contribution in [2.24, 2.45) is 13.0 Å². The fourth-order valence-electron chi connectivity index (χ4n) is 5.14. The largest absolute Gasteiger partial charge is 0.296 e. The summed E-state index contributed by atoms with van der Waals surface area (Å²) >= 11 is 1.85. The Morgan fingerprint density at radius 3 is 2.28 bits per heavy atom. The van der Waals surface area contributed by atoms with E-state index in [1.54, 1.807) is 0 Å². The molecule has 2 heterocycles. The van der Waals surface area contributed by atoms with Gasteiger partial charge in [0.15, 0.2) is 11.0 Å². The van der Waals surface area contributed by atoms with Crippen LogP contribution in [0.4, 0.5) is 0 Å². The van der Waals surface area contributed by atoms with Gasteiger partial charge < -0.3 is 0 Å². The molecule has 0 aliphatic carbocycles. The van der Waals surface area contributed by atoms with Crippen LogP contribution in [-0.4, -0.2) is 9.55 Å². The highest BCUT2D eigenvalue weighted by Gasteiger charge is 2.29. The van der Waals surface area contributed by atoms with Crippen LogP contribution in [0.2, 0.25) is 0 Å². The smallest absolute Gasteiger partial charge is 0.241 e. The second-order valence-electron chi connectivity index (χ2n) is 9.93. The summed E-state index contributed by atoms with van der Waals surface area (Å²) in [5.74, 6) is 1.77. The summed E-state index contributed by atoms with van der Waals surface area (Å²) in [5.41, 5.74) is 9.65. The van der Waals surface area contributed by atoms with E-state index in [-0.39, 0.29) is 0 Å². The van der Waals surface area contributed by atoms with Crippen LogP contribution in [0, 0.1) is 12.8 Å². The summed E-state index contributed by atoms with van der Waals surface area (Å²) in [6.07, 6.45) is 1.01. The molecule has 0 saturated heterocycles. The average Bonchev–Trinajstić information content (AvgIpc) is 3.42. The van der Waals surface area contributed by atoms with Crippen molar-refractivity contribution < 1.29 is 4.57 Å². The summed E-state index contributed by atoms with van der Waals surface area (Å²) in [5, 5.41) is 1.21. The molecule has 0 spiro atoms. The predicted molar refractivity (Wildman–Crippen MR) is 152 cm³/mol. The van der Waals surface area contributed by atoms with Crippen LogP contribution in [0.5, 0.6) is 0 Å². The van der Waals surface area contributed by atoms with Gasteiger partial charge >= 0.3 is 0 Å². The first-order chi connectivity index (χ1) is 17.5. The molecule has 0 atom stereocenters. The van der Waals surface area contributed by atoms with E-state index in [1.807, 2.05) is 11.3 Å². The number of hydrogen-bond acceptors (Lipinski definition) is 2. The first-order valence-corrected chi connectivity index (χ1v) is 13.4. The Kier molecular flexibility index (Phi) is 5.69. The number of imidazole rings is 1. The molecule has 0 unspecified atom stereocenters. The molecule has 0 aliphatic heterocycles. The van der Waals surface area contributed by atoms with E-state index in [0.717, 1.165) is 17.6 Å². The zero-order valence-corrected chi connectivity index (χ0v) is 22.0. The first-order valence-electron chi connectivity index (χ1n) is 12.6. The molecule has 4 aromatic carbocycles.